The monoisotopic (exact) mass is 264 g/mol. The van der Waals surface area contributed by atoms with Gasteiger partial charge in [-0.15, -0.1) is 0 Å². The quantitative estimate of drug-likeness (QED) is 0.762. The molecule has 1 fully saturated rings. The Bertz CT molecular complexity index is 514. The van der Waals surface area contributed by atoms with Crippen molar-refractivity contribution >= 4 is 24.4 Å². The summed E-state index contributed by atoms with van der Waals surface area (Å²) in [5.74, 6) is -1.11. The van der Waals surface area contributed by atoms with Gasteiger partial charge in [0.25, 0.3) is 0 Å². The maximum atomic E-state index is 10.9. The second kappa shape index (κ2) is 4.21. The molecule has 1 aliphatic rings. The highest BCUT2D eigenvalue weighted by Crippen LogP contribution is 2.36. The van der Waals surface area contributed by atoms with Crippen LogP contribution in [0.25, 0.3) is 0 Å². The fraction of sp³-hybridized carbons (Fsp3) is 0.500. The van der Waals surface area contributed by atoms with Crippen LogP contribution in [0, 0.1) is 0 Å². The molecule has 0 aromatic carbocycles. The van der Waals surface area contributed by atoms with E-state index in [0.717, 1.165) is 0 Å². The molecule has 102 valence electrons. The Hall–Kier alpha value is -1.60. The second-order valence-electron chi connectivity index (χ2n) is 5.59. The third-order valence-electron chi connectivity index (χ3n) is 3.68. The highest BCUT2D eigenvalue weighted by molar-refractivity contribution is 6.61. The molecule has 1 aromatic heterocycles. The first-order chi connectivity index (χ1) is 8.64. The van der Waals surface area contributed by atoms with Gasteiger partial charge in [0.05, 0.1) is 16.8 Å². The summed E-state index contributed by atoms with van der Waals surface area (Å²) in [7, 11) is -0.643. The van der Waals surface area contributed by atoms with E-state index in [2.05, 4.69) is 4.98 Å². The number of hydrogen-bond acceptors (Lipinski definition) is 5. The zero-order chi connectivity index (χ0) is 14.4. The number of nitrogens with two attached hydrogens (primary N) is 1. The lowest BCUT2D eigenvalue weighted by molar-refractivity contribution is 0.00578. The number of carboxylic acids is 1. The van der Waals surface area contributed by atoms with Crippen LogP contribution in [0.4, 0.5) is 5.69 Å². The van der Waals surface area contributed by atoms with Crippen molar-refractivity contribution in [2.45, 2.75) is 38.9 Å². The Morgan fingerprint density at radius 3 is 2.26 bits per heavy atom. The van der Waals surface area contributed by atoms with E-state index in [1.54, 1.807) is 0 Å². The fourth-order valence-electron chi connectivity index (χ4n) is 1.76. The normalized spacial score (nSPS) is 20.5. The van der Waals surface area contributed by atoms with E-state index in [9.17, 15) is 4.79 Å². The second-order valence-corrected chi connectivity index (χ2v) is 5.59. The molecule has 2 heterocycles. The van der Waals surface area contributed by atoms with Crippen LogP contribution in [0.2, 0.25) is 0 Å². The molecule has 0 radical (unpaired) electrons. The van der Waals surface area contributed by atoms with E-state index in [0.29, 0.717) is 5.59 Å². The minimum absolute atomic E-state index is 0.0275. The number of nitrogens with zero attached hydrogens (tertiary/aromatic N) is 1. The van der Waals surface area contributed by atoms with Crippen LogP contribution in [0.3, 0.4) is 0 Å². The lowest BCUT2D eigenvalue weighted by atomic mass is 9.83. The number of nitrogen functional groups attached to an aromatic ring is 1. The van der Waals surface area contributed by atoms with Crippen molar-refractivity contribution in [1.82, 2.24) is 4.98 Å². The van der Waals surface area contributed by atoms with E-state index in [-0.39, 0.29) is 11.3 Å². The van der Waals surface area contributed by atoms with Crippen molar-refractivity contribution < 1.29 is 19.2 Å². The van der Waals surface area contributed by atoms with Crippen LogP contribution >= 0.6 is 0 Å². The predicted octanol–water partition coefficient (Wildman–Crippen LogP) is 0.661. The molecule has 7 heteroatoms. The number of anilines is 1. The summed E-state index contributed by atoms with van der Waals surface area (Å²) in [5, 5.41) is 8.91. The van der Waals surface area contributed by atoms with Crippen molar-refractivity contribution in [3.63, 3.8) is 0 Å². The van der Waals surface area contributed by atoms with Gasteiger partial charge in [0, 0.05) is 11.9 Å². The SMILES string of the molecule is CC1(C)OB(c2cc(N)c(C(=O)O)cn2)OC1(C)C. The van der Waals surface area contributed by atoms with E-state index >= 15 is 0 Å². The molecular formula is C12H17BN2O4. The Morgan fingerprint density at radius 2 is 1.84 bits per heavy atom. The zero-order valence-corrected chi connectivity index (χ0v) is 11.4. The van der Waals surface area contributed by atoms with Gasteiger partial charge in [-0.05, 0) is 33.8 Å². The molecule has 0 bridgehead atoms. The third kappa shape index (κ3) is 2.31. The highest BCUT2D eigenvalue weighted by Gasteiger charge is 2.52. The standard InChI is InChI=1S/C12H17BN2O4/c1-11(2)12(3,4)19-13(18-11)9-5-8(14)7(6-15-9)10(16)17/h5-6H,1-4H3,(H2,14,15)(H,16,17). The van der Waals surface area contributed by atoms with Gasteiger partial charge in [0.2, 0.25) is 0 Å². The summed E-state index contributed by atoms with van der Waals surface area (Å²) in [6.07, 6.45) is 1.22. The van der Waals surface area contributed by atoms with Crippen LogP contribution in [0.15, 0.2) is 12.3 Å². The summed E-state index contributed by atoms with van der Waals surface area (Å²) in [5.41, 5.74) is 5.34. The molecular weight excluding hydrogens is 247 g/mol. The molecule has 1 aromatic rings. The van der Waals surface area contributed by atoms with E-state index in [4.69, 9.17) is 20.1 Å². The number of aromatic carboxylic acids is 1. The number of carbonyl (C=O) groups is 1. The molecule has 0 spiro atoms. The Kier molecular flexibility index (Phi) is 3.06. The maximum absolute atomic E-state index is 10.9. The molecule has 6 nitrogen and oxygen atoms in total. The van der Waals surface area contributed by atoms with Gasteiger partial charge in [-0.3, -0.25) is 4.98 Å². The van der Waals surface area contributed by atoms with Crippen molar-refractivity contribution in [1.29, 1.82) is 0 Å². The first-order valence-corrected chi connectivity index (χ1v) is 5.98. The Balaban J connectivity index is 2.31. The number of hydrogen-bond donors (Lipinski definition) is 2. The zero-order valence-electron chi connectivity index (χ0n) is 11.4. The smallest absolute Gasteiger partial charge is 0.478 e. The topological polar surface area (TPSA) is 94.7 Å². The average molecular weight is 264 g/mol. The lowest BCUT2D eigenvalue weighted by Gasteiger charge is -2.32. The third-order valence-corrected chi connectivity index (χ3v) is 3.68. The van der Waals surface area contributed by atoms with Crippen LogP contribution in [0.1, 0.15) is 38.1 Å². The average Bonchev–Trinajstić information content (AvgIpc) is 2.47. The summed E-state index contributed by atoms with van der Waals surface area (Å²) in [6.45, 7) is 7.73. The Morgan fingerprint density at radius 1 is 1.32 bits per heavy atom. The Labute approximate surface area is 112 Å². The van der Waals surface area contributed by atoms with Gasteiger partial charge in [-0.2, -0.15) is 0 Å². The molecule has 0 atom stereocenters. The summed E-state index contributed by atoms with van der Waals surface area (Å²) in [6, 6.07) is 1.48. The molecule has 1 aliphatic heterocycles. The molecule has 2 rings (SSSR count). The maximum Gasteiger partial charge on any atom is 0.514 e. The van der Waals surface area contributed by atoms with Gasteiger partial charge in [-0.25, -0.2) is 4.79 Å². The molecule has 3 N–H and O–H groups in total. The van der Waals surface area contributed by atoms with Gasteiger partial charge in [0.15, 0.2) is 0 Å². The molecule has 0 aliphatic carbocycles. The fourth-order valence-corrected chi connectivity index (χ4v) is 1.76. The minimum atomic E-state index is -1.11. The van der Waals surface area contributed by atoms with E-state index < -0.39 is 24.3 Å². The predicted molar refractivity (Wildman–Crippen MR) is 71.3 cm³/mol. The van der Waals surface area contributed by atoms with Crippen LogP contribution in [-0.4, -0.2) is 34.4 Å². The van der Waals surface area contributed by atoms with Crippen molar-refractivity contribution in [3.8, 4) is 0 Å². The first-order valence-electron chi connectivity index (χ1n) is 5.98. The summed E-state index contributed by atoms with van der Waals surface area (Å²) < 4.78 is 11.6. The van der Waals surface area contributed by atoms with Crippen molar-refractivity contribution in [3.05, 3.63) is 17.8 Å². The lowest BCUT2D eigenvalue weighted by Crippen LogP contribution is -2.41. The van der Waals surface area contributed by atoms with Crippen molar-refractivity contribution in [2.24, 2.45) is 0 Å². The van der Waals surface area contributed by atoms with Crippen LogP contribution in [-0.2, 0) is 9.31 Å². The van der Waals surface area contributed by atoms with Gasteiger partial charge in [-0.1, -0.05) is 0 Å². The van der Waals surface area contributed by atoms with Gasteiger partial charge in [0.1, 0.15) is 5.56 Å². The van der Waals surface area contributed by atoms with E-state index in [1.807, 2.05) is 27.7 Å². The number of aromatic nitrogens is 1. The number of carboxylic acid groups (broad SMARTS) is 1. The number of rotatable bonds is 2. The largest absolute Gasteiger partial charge is 0.514 e. The molecule has 0 saturated carbocycles. The molecule has 19 heavy (non-hydrogen) atoms. The summed E-state index contributed by atoms with van der Waals surface area (Å²) in [4.78, 5) is 14.9. The highest BCUT2D eigenvalue weighted by atomic mass is 16.7. The molecule has 0 amide bonds. The molecule has 1 saturated heterocycles. The van der Waals surface area contributed by atoms with E-state index in [1.165, 1.54) is 12.3 Å². The van der Waals surface area contributed by atoms with Gasteiger partial charge < -0.3 is 20.1 Å². The summed E-state index contributed by atoms with van der Waals surface area (Å²) >= 11 is 0. The minimum Gasteiger partial charge on any atom is -0.478 e. The van der Waals surface area contributed by atoms with Crippen LogP contribution < -0.4 is 11.3 Å². The molecule has 0 unspecified atom stereocenters. The van der Waals surface area contributed by atoms with Crippen LogP contribution in [0.5, 0.6) is 0 Å². The first kappa shape index (κ1) is 13.8. The van der Waals surface area contributed by atoms with Crippen molar-refractivity contribution in [2.75, 3.05) is 5.73 Å². The van der Waals surface area contributed by atoms with Gasteiger partial charge >= 0.3 is 13.1 Å². The number of pyridine rings is 1.